The first-order chi connectivity index (χ1) is 9.54. The predicted octanol–water partition coefficient (Wildman–Crippen LogP) is 0.508. The van der Waals surface area contributed by atoms with Gasteiger partial charge in [-0.1, -0.05) is 13.3 Å². The van der Waals surface area contributed by atoms with Crippen LogP contribution in [0.15, 0.2) is 0 Å². The van der Waals surface area contributed by atoms with E-state index >= 15 is 0 Å². The van der Waals surface area contributed by atoms with Crippen LogP contribution in [-0.4, -0.2) is 48.0 Å². The van der Waals surface area contributed by atoms with Crippen LogP contribution in [0, 0.1) is 5.92 Å². The third-order valence-electron chi connectivity index (χ3n) is 2.86. The van der Waals surface area contributed by atoms with Gasteiger partial charge in [0, 0.05) is 19.5 Å². The van der Waals surface area contributed by atoms with E-state index in [4.69, 9.17) is 9.63 Å². The minimum Gasteiger partial charge on any atom is -0.465 e. The summed E-state index contributed by atoms with van der Waals surface area (Å²) in [6, 6.07) is 0. The van der Waals surface area contributed by atoms with Gasteiger partial charge in [0.25, 0.3) is 0 Å². The number of rotatable bonds is 9. The summed E-state index contributed by atoms with van der Waals surface area (Å²) in [5.74, 6) is -0.966. The molecule has 1 saturated heterocycles. The average molecular weight is 309 g/mol. The minimum atomic E-state index is -3.13. The molecule has 2 unspecified atom stereocenters. The van der Waals surface area contributed by atoms with Crippen molar-refractivity contribution in [2.24, 2.45) is 5.92 Å². The molecule has 20 heavy (non-hydrogen) atoms. The summed E-state index contributed by atoms with van der Waals surface area (Å²) in [5.41, 5.74) is 0. The smallest absolute Gasteiger partial charge is 0.344 e. The van der Waals surface area contributed by atoms with Gasteiger partial charge in [-0.05, 0) is 6.42 Å². The lowest BCUT2D eigenvalue weighted by molar-refractivity contribution is -0.209. The molecule has 0 aromatic rings. The number of amides is 1. The first-order valence-corrected chi connectivity index (χ1v) is 7.77. The normalized spacial score (nSPS) is 20.2. The Hall–Kier alpha value is -0.950. The molecule has 1 rings (SSSR count). The molecule has 0 spiro atoms. The fourth-order valence-electron chi connectivity index (χ4n) is 1.82. The van der Waals surface area contributed by atoms with Crippen molar-refractivity contribution in [1.29, 1.82) is 0 Å². The molecule has 1 amide bonds. The van der Waals surface area contributed by atoms with Crippen molar-refractivity contribution in [1.82, 2.24) is 4.90 Å². The highest BCUT2D eigenvalue weighted by Crippen LogP contribution is 2.19. The Bertz CT molecular complexity index is 363. The molecule has 0 radical (unpaired) electrons. The summed E-state index contributed by atoms with van der Waals surface area (Å²) in [4.78, 5) is 37.6. The maximum Gasteiger partial charge on any atom is 0.344 e. The zero-order chi connectivity index (χ0) is 15.0. The lowest BCUT2D eigenvalue weighted by atomic mass is 10.1. The molecule has 0 aromatic carbocycles. The standard InChI is InChI=1S/C11H20NO7P/c1-2-3-5-17-11(14)9-7-10(13)12(8-9)4-6-18-19-20(15)16/h9,20H,2-8H2,1H3,(H,15,16). The highest BCUT2D eigenvalue weighted by Gasteiger charge is 2.35. The maximum absolute atomic E-state index is 11.7. The topological polar surface area (TPSA) is 102 Å². The Morgan fingerprint density at radius 1 is 1.50 bits per heavy atom. The van der Waals surface area contributed by atoms with Crippen LogP contribution >= 0.6 is 8.25 Å². The van der Waals surface area contributed by atoms with Crippen molar-refractivity contribution < 1.29 is 33.3 Å². The van der Waals surface area contributed by atoms with Gasteiger partial charge in [0.1, 0.15) is 6.61 Å². The Morgan fingerprint density at radius 3 is 2.90 bits per heavy atom. The molecular weight excluding hydrogens is 289 g/mol. The van der Waals surface area contributed by atoms with Gasteiger partial charge in [0.2, 0.25) is 5.91 Å². The second kappa shape index (κ2) is 9.07. The molecule has 2 atom stereocenters. The lowest BCUT2D eigenvalue weighted by Gasteiger charge is -2.15. The Balaban J connectivity index is 2.26. The predicted molar refractivity (Wildman–Crippen MR) is 68.8 cm³/mol. The molecule has 0 saturated carbocycles. The van der Waals surface area contributed by atoms with Gasteiger partial charge in [-0.2, -0.15) is 4.67 Å². The van der Waals surface area contributed by atoms with Crippen LogP contribution in [0.2, 0.25) is 0 Å². The lowest BCUT2D eigenvalue weighted by Crippen LogP contribution is -2.30. The highest BCUT2D eigenvalue weighted by molar-refractivity contribution is 7.31. The van der Waals surface area contributed by atoms with E-state index in [9.17, 15) is 14.2 Å². The fourth-order valence-corrected chi connectivity index (χ4v) is 2.00. The quantitative estimate of drug-likeness (QED) is 0.218. The molecule has 1 heterocycles. The molecule has 1 aliphatic heterocycles. The van der Waals surface area contributed by atoms with E-state index in [1.54, 1.807) is 0 Å². The van der Waals surface area contributed by atoms with Crippen molar-refractivity contribution in [3.05, 3.63) is 0 Å². The number of ether oxygens (including phenoxy) is 1. The summed E-state index contributed by atoms with van der Waals surface area (Å²) in [6.07, 6.45) is 1.87. The van der Waals surface area contributed by atoms with Crippen LogP contribution in [0.4, 0.5) is 0 Å². The van der Waals surface area contributed by atoms with Crippen LogP contribution in [0.3, 0.4) is 0 Å². The van der Waals surface area contributed by atoms with Crippen molar-refractivity contribution in [2.75, 3.05) is 26.3 Å². The molecule has 1 aliphatic rings. The molecule has 116 valence electrons. The summed E-state index contributed by atoms with van der Waals surface area (Å²) < 4.78 is 19.3. The van der Waals surface area contributed by atoms with E-state index in [2.05, 4.69) is 9.56 Å². The van der Waals surface area contributed by atoms with Crippen LogP contribution < -0.4 is 0 Å². The van der Waals surface area contributed by atoms with Crippen LogP contribution in [0.5, 0.6) is 0 Å². The van der Waals surface area contributed by atoms with Crippen LogP contribution in [0.25, 0.3) is 0 Å². The Morgan fingerprint density at radius 2 is 2.25 bits per heavy atom. The van der Waals surface area contributed by atoms with Gasteiger partial charge in [-0.15, -0.1) is 0 Å². The van der Waals surface area contributed by atoms with Gasteiger partial charge in [-0.25, -0.2) is 4.89 Å². The van der Waals surface area contributed by atoms with Gasteiger partial charge < -0.3 is 14.5 Å². The Labute approximate surface area is 117 Å². The van der Waals surface area contributed by atoms with Gasteiger partial charge in [0.05, 0.1) is 12.5 Å². The number of carbonyl (C=O) groups excluding carboxylic acids is 2. The molecule has 8 nitrogen and oxygen atoms in total. The number of esters is 1. The molecule has 1 N–H and O–H groups in total. The number of likely N-dealkylation sites (tertiary alicyclic amines) is 1. The zero-order valence-electron chi connectivity index (χ0n) is 11.4. The molecule has 9 heteroatoms. The molecule has 0 aliphatic carbocycles. The zero-order valence-corrected chi connectivity index (χ0v) is 12.4. The maximum atomic E-state index is 11.7. The van der Waals surface area contributed by atoms with E-state index in [1.807, 2.05) is 6.92 Å². The summed E-state index contributed by atoms with van der Waals surface area (Å²) in [7, 11) is -3.13. The average Bonchev–Trinajstić information content (AvgIpc) is 2.76. The van der Waals surface area contributed by atoms with Crippen LogP contribution in [-0.2, 0) is 28.5 Å². The third-order valence-corrected chi connectivity index (χ3v) is 3.13. The van der Waals surface area contributed by atoms with E-state index < -0.39 is 14.2 Å². The summed E-state index contributed by atoms with van der Waals surface area (Å²) in [6.45, 7) is 2.83. The summed E-state index contributed by atoms with van der Waals surface area (Å²) in [5, 5.41) is 0. The van der Waals surface area contributed by atoms with Crippen molar-refractivity contribution in [3.63, 3.8) is 0 Å². The number of hydrogen-bond donors (Lipinski definition) is 1. The van der Waals surface area contributed by atoms with E-state index in [1.165, 1.54) is 4.90 Å². The minimum absolute atomic E-state index is 0.0275. The summed E-state index contributed by atoms with van der Waals surface area (Å²) >= 11 is 0. The monoisotopic (exact) mass is 309 g/mol. The first kappa shape index (κ1) is 17.1. The largest absolute Gasteiger partial charge is 0.465 e. The second-order valence-electron chi connectivity index (χ2n) is 4.43. The SMILES string of the molecule is CCCCOC(=O)C1CC(=O)N(CCOO[PH](=O)O)C1. The van der Waals surface area contributed by atoms with Gasteiger partial charge in [-0.3, -0.25) is 14.2 Å². The number of hydrogen-bond acceptors (Lipinski definition) is 6. The number of unbranched alkanes of at least 4 members (excludes halogenated alkanes) is 1. The highest BCUT2D eigenvalue weighted by atomic mass is 31.1. The fraction of sp³-hybridized carbons (Fsp3) is 0.818. The van der Waals surface area contributed by atoms with Crippen molar-refractivity contribution in [3.8, 4) is 0 Å². The second-order valence-corrected chi connectivity index (χ2v) is 5.13. The molecule has 0 aromatic heterocycles. The third kappa shape index (κ3) is 6.00. The first-order valence-electron chi connectivity index (χ1n) is 6.51. The molecule has 1 fully saturated rings. The van der Waals surface area contributed by atoms with Crippen molar-refractivity contribution in [2.45, 2.75) is 26.2 Å². The van der Waals surface area contributed by atoms with Gasteiger partial charge >= 0.3 is 14.2 Å². The van der Waals surface area contributed by atoms with Gasteiger partial charge in [0.15, 0.2) is 0 Å². The number of nitrogens with zero attached hydrogens (tertiary/aromatic N) is 1. The Kier molecular flexibility index (Phi) is 7.76. The van der Waals surface area contributed by atoms with Crippen molar-refractivity contribution >= 4 is 20.1 Å². The van der Waals surface area contributed by atoms with E-state index in [-0.39, 0.29) is 38.0 Å². The molecular formula is C11H20NO7P. The van der Waals surface area contributed by atoms with Crippen LogP contribution in [0.1, 0.15) is 26.2 Å². The van der Waals surface area contributed by atoms with E-state index in [0.29, 0.717) is 6.61 Å². The number of carbonyl (C=O) groups is 2. The molecule has 0 bridgehead atoms. The van der Waals surface area contributed by atoms with E-state index in [0.717, 1.165) is 12.8 Å².